The van der Waals surface area contributed by atoms with Gasteiger partial charge >= 0.3 is 6.09 Å². The van der Waals surface area contributed by atoms with Crippen molar-refractivity contribution in [3.8, 4) is 0 Å². The number of ether oxygens (including phenoxy) is 1. The molecule has 0 aliphatic carbocycles. The molecule has 0 saturated carbocycles. The predicted octanol–water partition coefficient (Wildman–Crippen LogP) is 1.94. The molecule has 2 aromatic rings. The average Bonchev–Trinajstić information content (AvgIpc) is 2.75. The molecule has 1 aromatic heterocycles. The van der Waals surface area contributed by atoms with Crippen LogP contribution in [0.4, 0.5) is 15.1 Å². The van der Waals surface area contributed by atoms with Crippen molar-refractivity contribution in [3.05, 3.63) is 53.6 Å². The van der Waals surface area contributed by atoms with Gasteiger partial charge in [0.15, 0.2) is 0 Å². The zero-order valence-corrected chi connectivity index (χ0v) is 18.1. The first-order valence-corrected chi connectivity index (χ1v) is 10.2. The number of piperazine rings is 1. The number of hydrogen-bond acceptors (Lipinski definition) is 7. The number of hydrogen-bond donors (Lipinski definition) is 2. The topological polar surface area (TPSA) is 99.0 Å². The van der Waals surface area contributed by atoms with Crippen LogP contribution in [-0.2, 0) is 10.2 Å². The molecule has 31 heavy (non-hydrogen) atoms. The van der Waals surface area contributed by atoms with Crippen molar-refractivity contribution >= 4 is 12.0 Å². The van der Waals surface area contributed by atoms with Crippen molar-refractivity contribution in [2.24, 2.45) is 0 Å². The predicted molar refractivity (Wildman–Crippen MR) is 113 cm³/mol. The smallest absolute Gasteiger partial charge is 0.410 e. The van der Waals surface area contributed by atoms with Gasteiger partial charge in [-0.05, 0) is 38.5 Å². The fraction of sp³-hybridized carbons (Fsp3) is 0.500. The molecule has 1 aliphatic heterocycles. The molecule has 0 bridgehead atoms. The third-order valence-electron chi connectivity index (χ3n) is 5.34. The van der Waals surface area contributed by atoms with Gasteiger partial charge in [-0.2, -0.15) is 0 Å². The maximum Gasteiger partial charge on any atom is 0.410 e. The second-order valence-electron chi connectivity index (χ2n) is 8.63. The summed E-state index contributed by atoms with van der Waals surface area (Å²) in [7, 11) is 0. The molecule has 168 valence electrons. The molecule has 3 rings (SSSR count). The van der Waals surface area contributed by atoms with Crippen LogP contribution >= 0.6 is 0 Å². The Labute approximate surface area is 181 Å². The van der Waals surface area contributed by atoms with Gasteiger partial charge in [0.1, 0.15) is 11.4 Å². The maximum atomic E-state index is 13.3. The molecule has 2 heterocycles. The number of carbonyl (C=O) groups is 1. The number of halogens is 1. The molecule has 0 radical (unpaired) electrons. The van der Waals surface area contributed by atoms with Crippen molar-refractivity contribution in [1.29, 1.82) is 0 Å². The number of aliphatic hydroxyl groups is 2. The summed E-state index contributed by atoms with van der Waals surface area (Å²) in [5, 5.41) is 20.1. The number of anilines is 1. The number of rotatable bonds is 5. The lowest BCUT2D eigenvalue weighted by Gasteiger charge is -2.36. The number of amides is 1. The second-order valence-corrected chi connectivity index (χ2v) is 8.63. The van der Waals surface area contributed by atoms with Gasteiger partial charge in [0.2, 0.25) is 5.95 Å². The molecule has 8 nitrogen and oxygen atoms in total. The lowest BCUT2D eigenvalue weighted by molar-refractivity contribution is 0.0240. The summed E-state index contributed by atoms with van der Waals surface area (Å²) < 4.78 is 18.7. The van der Waals surface area contributed by atoms with Gasteiger partial charge in [-0.25, -0.2) is 19.2 Å². The van der Waals surface area contributed by atoms with E-state index in [1.165, 1.54) is 24.3 Å². The number of carbonyl (C=O) groups excluding carboxylic acids is 1. The number of aromatic nitrogens is 2. The molecule has 1 aliphatic rings. The molecule has 0 spiro atoms. The average molecular weight is 432 g/mol. The fourth-order valence-corrected chi connectivity index (χ4v) is 3.50. The van der Waals surface area contributed by atoms with Crippen LogP contribution in [0.15, 0.2) is 36.7 Å². The number of nitrogens with zero attached hydrogens (tertiary/aromatic N) is 4. The summed E-state index contributed by atoms with van der Waals surface area (Å²) >= 11 is 0. The summed E-state index contributed by atoms with van der Waals surface area (Å²) in [6, 6.07) is 5.64. The van der Waals surface area contributed by atoms with E-state index in [1.807, 2.05) is 25.7 Å². The van der Waals surface area contributed by atoms with E-state index in [0.29, 0.717) is 43.3 Å². The van der Waals surface area contributed by atoms with Crippen LogP contribution in [0.5, 0.6) is 0 Å². The molecule has 0 atom stereocenters. The van der Waals surface area contributed by atoms with Crippen LogP contribution in [0, 0.1) is 5.82 Å². The fourth-order valence-electron chi connectivity index (χ4n) is 3.50. The first kappa shape index (κ1) is 22.9. The van der Waals surface area contributed by atoms with Crippen LogP contribution in [0.25, 0.3) is 0 Å². The van der Waals surface area contributed by atoms with Crippen LogP contribution in [0.3, 0.4) is 0 Å². The van der Waals surface area contributed by atoms with Gasteiger partial charge in [0.25, 0.3) is 0 Å². The highest BCUT2D eigenvalue weighted by molar-refractivity contribution is 5.68. The van der Waals surface area contributed by atoms with Gasteiger partial charge in [-0.3, -0.25) is 0 Å². The van der Waals surface area contributed by atoms with E-state index >= 15 is 0 Å². The summed E-state index contributed by atoms with van der Waals surface area (Å²) in [5.74, 6) is 0.0992. The molecule has 1 amide bonds. The Morgan fingerprint density at radius 3 is 2.03 bits per heavy atom. The van der Waals surface area contributed by atoms with Crippen molar-refractivity contribution in [1.82, 2.24) is 14.9 Å². The minimum absolute atomic E-state index is 0.335. The molecular weight excluding hydrogens is 403 g/mol. The van der Waals surface area contributed by atoms with Crippen molar-refractivity contribution < 1.29 is 24.1 Å². The van der Waals surface area contributed by atoms with E-state index in [1.54, 1.807) is 17.3 Å². The van der Waals surface area contributed by atoms with Gasteiger partial charge < -0.3 is 24.7 Å². The van der Waals surface area contributed by atoms with E-state index < -0.39 is 16.8 Å². The molecule has 1 fully saturated rings. The van der Waals surface area contributed by atoms with Gasteiger partial charge in [0, 0.05) is 44.1 Å². The van der Waals surface area contributed by atoms with Crippen LogP contribution < -0.4 is 4.90 Å². The quantitative estimate of drug-likeness (QED) is 0.745. The van der Waals surface area contributed by atoms with E-state index in [-0.39, 0.29) is 19.3 Å². The Bertz CT molecular complexity index is 872. The lowest BCUT2D eigenvalue weighted by atomic mass is 9.77. The standard InChI is InChI=1S/C22H29FN4O4/c1-21(2,3)31-20(30)27-10-8-26(9-11-27)19-24-12-17(13-25-19)22(14-28,15-29)16-4-6-18(23)7-5-16/h4-7,12-13,28-29H,8-11,14-15H2,1-3H3. The van der Waals surface area contributed by atoms with E-state index in [4.69, 9.17) is 4.74 Å². The van der Waals surface area contributed by atoms with Crippen LogP contribution in [-0.4, -0.2) is 76.2 Å². The molecule has 9 heteroatoms. The Morgan fingerprint density at radius 1 is 1.00 bits per heavy atom. The Balaban J connectivity index is 1.71. The Hall–Kier alpha value is -2.78. The molecule has 1 saturated heterocycles. The molecular formula is C22H29FN4O4. The number of aliphatic hydroxyl groups excluding tert-OH is 2. The summed E-state index contributed by atoms with van der Waals surface area (Å²) in [6.45, 7) is 6.84. The second kappa shape index (κ2) is 9.15. The molecule has 1 aromatic carbocycles. The van der Waals surface area contributed by atoms with Gasteiger partial charge in [0.05, 0.1) is 18.6 Å². The Morgan fingerprint density at radius 2 is 1.55 bits per heavy atom. The van der Waals surface area contributed by atoms with E-state index in [2.05, 4.69) is 9.97 Å². The zero-order valence-electron chi connectivity index (χ0n) is 18.1. The highest BCUT2D eigenvalue weighted by atomic mass is 19.1. The highest BCUT2D eigenvalue weighted by Gasteiger charge is 2.34. The van der Waals surface area contributed by atoms with Gasteiger partial charge in [-0.1, -0.05) is 12.1 Å². The van der Waals surface area contributed by atoms with E-state index in [0.717, 1.165) is 0 Å². The monoisotopic (exact) mass is 432 g/mol. The largest absolute Gasteiger partial charge is 0.444 e. The third kappa shape index (κ3) is 5.11. The van der Waals surface area contributed by atoms with Crippen molar-refractivity contribution in [3.63, 3.8) is 0 Å². The minimum Gasteiger partial charge on any atom is -0.444 e. The highest BCUT2D eigenvalue weighted by Crippen LogP contribution is 2.31. The first-order valence-electron chi connectivity index (χ1n) is 10.2. The van der Waals surface area contributed by atoms with Crippen molar-refractivity contribution in [2.75, 3.05) is 44.3 Å². The summed E-state index contributed by atoms with van der Waals surface area (Å²) in [6.07, 6.45) is 2.80. The lowest BCUT2D eigenvalue weighted by Crippen LogP contribution is -2.50. The van der Waals surface area contributed by atoms with Crippen molar-refractivity contribution in [2.45, 2.75) is 31.8 Å². The molecule has 0 unspecified atom stereocenters. The van der Waals surface area contributed by atoms with Gasteiger partial charge in [-0.15, -0.1) is 0 Å². The van der Waals surface area contributed by atoms with E-state index in [9.17, 15) is 19.4 Å². The summed E-state index contributed by atoms with van der Waals surface area (Å²) in [4.78, 5) is 24.7. The Kier molecular flexibility index (Phi) is 6.76. The normalized spacial score (nSPS) is 15.2. The van der Waals surface area contributed by atoms with Crippen LogP contribution in [0.1, 0.15) is 31.9 Å². The zero-order chi connectivity index (χ0) is 22.6. The SMILES string of the molecule is CC(C)(C)OC(=O)N1CCN(c2ncc(C(CO)(CO)c3ccc(F)cc3)cn2)CC1. The molecule has 2 N–H and O–H groups in total. The minimum atomic E-state index is -1.14. The first-order chi connectivity index (χ1) is 14.7. The maximum absolute atomic E-state index is 13.3. The summed E-state index contributed by atoms with van der Waals surface area (Å²) in [5.41, 5.74) is -0.577. The number of benzene rings is 1. The van der Waals surface area contributed by atoms with Crippen LogP contribution in [0.2, 0.25) is 0 Å². The third-order valence-corrected chi connectivity index (χ3v) is 5.34.